The molecule has 0 amide bonds. The van der Waals surface area contributed by atoms with Crippen molar-refractivity contribution in [1.29, 1.82) is 0 Å². The summed E-state index contributed by atoms with van der Waals surface area (Å²) in [4.78, 5) is 2.05. The second-order valence-electron chi connectivity index (χ2n) is 5.29. The Labute approximate surface area is 126 Å². The lowest BCUT2D eigenvalue weighted by atomic mass is 10.0. The second kappa shape index (κ2) is 8.53. The molecule has 1 aromatic carbocycles. The molecular formula is C16H27FN2S. The first-order valence-corrected chi connectivity index (χ1v) is 8.68. The zero-order chi connectivity index (χ0) is 15.1. The first-order chi connectivity index (χ1) is 9.53. The fraction of sp³-hybridized carbons (Fsp3) is 0.625. The van der Waals surface area contributed by atoms with E-state index in [2.05, 4.69) is 25.0 Å². The molecule has 2 nitrogen and oxygen atoms in total. The number of rotatable bonds is 8. The number of benzene rings is 1. The van der Waals surface area contributed by atoms with Crippen LogP contribution in [0.3, 0.4) is 0 Å². The smallest absolute Gasteiger partial charge is 0.146 e. The summed E-state index contributed by atoms with van der Waals surface area (Å²) in [6, 6.07) is 5.99. The Bertz CT molecular complexity index is 411. The maximum Gasteiger partial charge on any atom is 0.146 e. The highest BCUT2D eigenvalue weighted by Gasteiger charge is 2.16. The summed E-state index contributed by atoms with van der Waals surface area (Å²) < 4.78 is 14.3. The zero-order valence-corrected chi connectivity index (χ0v) is 13.8. The van der Waals surface area contributed by atoms with Gasteiger partial charge in [-0.3, -0.25) is 0 Å². The molecular weight excluding hydrogens is 271 g/mol. The van der Waals surface area contributed by atoms with Gasteiger partial charge in [-0.05, 0) is 43.2 Å². The summed E-state index contributed by atoms with van der Waals surface area (Å²) in [5.41, 5.74) is 7.59. The van der Waals surface area contributed by atoms with E-state index in [4.69, 9.17) is 5.73 Å². The molecule has 20 heavy (non-hydrogen) atoms. The van der Waals surface area contributed by atoms with Gasteiger partial charge in [0.05, 0.1) is 5.69 Å². The monoisotopic (exact) mass is 298 g/mol. The number of nitrogens with zero attached hydrogens (tertiary/aromatic N) is 1. The van der Waals surface area contributed by atoms with E-state index in [1.54, 1.807) is 17.8 Å². The minimum Gasteiger partial charge on any atom is -0.368 e. The van der Waals surface area contributed by atoms with E-state index >= 15 is 0 Å². The van der Waals surface area contributed by atoms with Crippen LogP contribution in [-0.4, -0.2) is 31.1 Å². The predicted molar refractivity (Wildman–Crippen MR) is 89.2 cm³/mol. The molecule has 0 aliphatic heterocycles. The topological polar surface area (TPSA) is 29.3 Å². The molecule has 2 atom stereocenters. The summed E-state index contributed by atoms with van der Waals surface area (Å²) in [6.07, 6.45) is 4.75. The Kier molecular flexibility index (Phi) is 7.38. The highest BCUT2D eigenvalue weighted by Crippen LogP contribution is 2.24. The van der Waals surface area contributed by atoms with Crippen molar-refractivity contribution in [1.82, 2.24) is 0 Å². The molecule has 0 saturated carbocycles. The van der Waals surface area contributed by atoms with Gasteiger partial charge >= 0.3 is 0 Å². The van der Waals surface area contributed by atoms with Crippen molar-refractivity contribution in [2.75, 3.05) is 24.0 Å². The molecule has 0 bridgehead atoms. The van der Waals surface area contributed by atoms with E-state index in [1.807, 2.05) is 19.2 Å². The van der Waals surface area contributed by atoms with Gasteiger partial charge in [-0.25, -0.2) is 4.39 Å². The van der Waals surface area contributed by atoms with E-state index in [0.717, 1.165) is 30.6 Å². The Balaban J connectivity index is 2.86. The van der Waals surface area contributed by atoms with Gasteiger partial charge < -0.3 is 10.6 Å². The molecule has 0 fully saturated rings. The van der Waals surface area contributed by atoms with Crippen molar-refractivity contribution in [3.05, 3.63) is 29.6 Å². The van der Waals surface area contributed by atoms with Crippen LogP contribution in [-0.2, 0) is 6.42 Å². The Morgan fingerprint density at radius 2 is 2.00 bits per heavy atom. The third kappa shape index (κ3) is 4.67. The summed E-state index contributed by atoms with van der Waals surface area (Å²) in [7, 11) is 1.97. The quantitative estimate of drug-likeness (QED) is 0.794. The fourth-order valence-corrected chi connectivity index (χ4v) is 3.15. The number of nitrogens with two attached hydrogens (primary N) is 1. The van der Waals surface area contributed by atoms with Gasteiger partial charge in [0.15, 0.2) is 0 Å². The molecule has 0 heterocycles. The van der Waals surface area contributed by atoms with Gasteiger partial charge in [0, 0.05) is 24.9 Å². The highest BCUT2D eigenvalue weighted by atomic mass is 32.2. The molecule has 2 unspecified atom stereocenters. The van der Waals surface area contributed by atoms with Gasteiger partial charge in [0.2, 0.25) is 0 Å². The van der Waals surface area contributed by atoms with Crippen molar-refractivity contribution in [3.8, 4) is 0 Å². The summed E-state index contributed by atoms with van der Waals surface area (Å²) in [5.74, 6) is 0.863. The molecule has 0 saturated heterocycles. The molecule has 0 aliphatic rings. The SMILES string of the molecule is CCC(N)Cc1ccc(N(C)C(CC)CSC)c(F)c1. The van der Waals surface area contributed by atoms with E-state index in [1.165, 1.54) is 0 Å². The average molecular weight is 298 g/mol. The second-order valence-corrected chi connectivity index (χ2v) is 6.20. The van der Waals surface area contributed by atoms with Crippen molar-refractivity contribution in [2.24, 2.45) is 5.73 Å². The van der Waals surface area contributed by atoms with Gasteiger partial charge in [-0.15, -0.1) is 0 Å². The lowest BCUT2D eigenvalue weighted by Crippen LogP contribution is -2.33. The van der Waals surface area contributed by atoms with Crippen molar-refractivity contribution >= 4 is 17.4 Å². The number of hydrogen-bond donors (Lipinski definition) is 1. The average Bonchev–Trinajstić information content (AvgIpc) is 2.44. The molecule has 2 N–H and O–H groups in total. The maximum atomic E-state index is 14.3. The molecule has 1 aromatic rings. The van der Waals surface area contributed by atoms with Crippen LogP contribution in [0.15, 0.2) is 18.2 Å². The first kappa shape index (κ1) is 17.3. The molecule has 114 valence electrons. The van der Waals surface area contributed by atoms with Crippen LogP contribution in [0.5, 0.6) is 0 Å². The lowest BCUT2D eigenvalue weighted by Gasteiger charge is -2.29. The summed E-state index contributed by atoms with van der Waals surface area (Å²) in [5, 5.41) is 0. The minimum atomic E-state index is -0.146. The zero-order valence-electron chi connectivity index (χ0n) is 13.0. The Morgan fingerprint density at radius 3 is 2.50 bits per heavy atom. The third-order valence-corrected chi connectivity index (χ3v) is 4.51. The van der Waals surface area contributed by atoms with Crippen LogP contribution >= 0.6 is 11.8 Å². The maximum absolute atomic E-state index is 14.3. The molecule has 0 spiro atoms. The van der Waals surface area contributed by atoms with Crippen LogP contribution in [0.1, 0.15) is 32.3 Å². The van der Waals surface area contributed by atoms with Gasteiger partial charge in [-0.1, -0.05) is 19.9 Å². The fourth-order valence-electron chi connectivity index (χ4n) is 2.30. The molecule has 0 aliphatic carbocycles. The van der Waals surface area contributed by atoms with Gasteiger partial charge in [0.25, 0.3) is 0 Å². The minimum absolute atomic E-state index is 0.109. The van der Waals surface area contributed by atoms with E-state index in [-0.39, 0.29) is 11.9 Å². The van der Waals surface area contributed by atoms with Crippen LogP contribution in [0.2, 0.25) is 0 Å². The van der Waals surface area contributed by atoms with E-state index in [9.17, 15) is 4.39 Å². The largest absolute Gasteiger partial charge is 0.368 e. The third-order valence-electron chi connectivity index (χ3n) is 3.79. The Morgan fingerprint density at radius 1 is 1.30 bits per heavy atom. The molecule has 1 rings (SSSR count). The molecule has 0 aromatic heterocycles. The van der Waals surface area contributed by atoms with Gasteiger partial charge in [-0.2, -0.15) is 11.8 Å². The normalized spacial score (nSPS) is 14.1. The summed E-state index contributed by atoms with van der Waals surface area (Å²) >= 11 is 1.80. The molecule has 4 heteroatoms. The first-order valence-electron chi connectivity index (χ1n) is 7.29. The van der Waals surface area contributed by atoms with Gasteiger partial charge in [0.1, 0.15) is 5.82 Å². The number of hydrogen-bond acceptors (Lipinski definition) is 3. The van der Waals surface area contributed by atoms with Crippen molar-refractivity contribution in [3.63, 3.8) is 0 Å². The predicted octanol–water partition coefficient (Wildman–Crippen LogP) is 3.68. The van der Waals surface area contributed by atoms with E-state index < -0.39 is 0 Å². The van der Waals surface area contributed by atoms with Crippen molar-refractivity contribution in [2.45, 2.75) is 45.2 Å². The van der Waals surface area contributed by atoms with Crippen LogP contribution in [0, 0.1) is 5.82 Å². The van der Waals surface area contributed by atoms with Crippen molar-refractivity contribution < 1.29 is 4.39 Å². The van der Waals surface area contributed by atoms with E-state index in [0.29, 0.717) is 11.7 Å². The standard InChI is InChI=1S/C16H27FN2S/c1-5-13(18)9-12-7-8-16(15(17)10-12)19(3)14(6-2)11-20-4/h7-8,10,13-14H,5-6,9,11,18H2,1-4H3. The number of halogens is 1. The van der Waals surface area contributed by atoms with Crippen LogP contribution in [0.4, 0.5) is 10.1 Å². The lowest BCUT2D eigenvalue weighted by molar-refractivity contribution is 0.595. The Hall–Kier alpha value is -0.740. The van der Waals surface area contributed by atoms with Crippen LogP contribution < -0.4 is 10.6 Å². The van der Waals surface area contributed by atoms with Crippen LogP contribution in [0.25, 0.3) is 0 Å². The number of anilines is 1. The molecule has 0 radical (unpaired) electrons. The highest BCUT2D eigenvalue weighted by molar-refractivity contribution is 7.98. The number of thioether (sulfide) groups is 1. The summed E-state index contributed by atoms with van der Waals surface area (Å²) in [6.45, 7) is 4.20.